The van der Waals surface area contributed by atoms with Gasteiger partial charge in [0.05, 0.1) is 13.7 Å². The summed E-state index contributed by atoms with van der Waals surface area (Å²) in [4.78, 5) is 27.2. The van der Waals surface area contributed by atoms with Crippen LogP contribution >= 0.6 is 0 Å². The van der Waals surface area contributed by atoms with E-state index in [0.29, 0.717) is 17.0 Å². The standard InChI is InChI=1S/C13H14N2O4/c1-8-6-10(19-11(8)13(17)18-3)7-15-5-4-14-9(2)12(15)16/h4-6H,7H2,1-3H3. The molecule has 0 amide bonds. The summed E-state index contributed by atoms with van der Waals surface area (Å²) in [6, 6.07) is 1.72. The van der Waals surface area contributed by atoms with E-state index in [9.17, 15) is 9.59 Å². The van der Waals surface area contributed by atoms with Gasteiger partial charge in [0.2, 0.25) is 5.76 Å². The molecule has 6 nitrogen and oxygen atoms in total. The van der Waals surface area contributed by atoms with Crippen LogP contribution in [0.1, 0.15) is 27.6 Å². The van der Waals surface area contributed by atoms with E-state index in [1.807, 2.05) is 0 Å². The lowest BCUT2D eigenvalue weighted by Gasteiger charge is -2.03. The van der Waals surface area contributed by atoms with Crippen molar-refractivity contribution in [3.05, 3.63) is 51.6 Å². The number of nitrogens with zero attached hydrogens (tertiary/aromatic N) is 2. The number of aryl methyl sites for hydroxylation is 2. The molecular formula is C13H14N2O4. The predicted octanol–water partition coefficient (Wildman–Crippen LogP) is 1.29. The van der Waals surface area contributed by atoms with Gasteiger partial charge in [-0.1, -0.05) is 0 Å². The first-order chi connectivity index (χ1) is 9.02. The molecule has 0 unspecified atom stereocenters. The third kappa shape index (κ3) is 2.57. The average Bonchev–Trinajstić information content (AvgIpc) is 2.75. The van der Waals surface area contributed by atoms with Gasteiger partial charge < -0.3 is 13.7 Å². The molecule has 0 saturated carbocycles. The third-order valence-corrected chi connectivity index (χ3v) is 2.75. The molecule has 0 spiro atoms. The summed E-state index contributed by atoms with van der Waals surface area (Å²) >= 11 is 0. The fourth-order valence-corrected chi connectivity index (χ4v) is 1.77. The second kappa shape index (κ2) is 5.09. The van der Waals surface area contributed by atoms with Crippen LogP contribution in [0.3, 0.4) is 0 Å². The van der Waals surface area contributed by atoms with Gasteiger partial charge in [-0.2, -0.15) is 0 Å². The Balaban J connectivity index is 2.32. The van der Waals surface area contributed by atoms with Crippen LogP contribution in [0.4, 0.5) is 0 Å². The van der Waals surface area contributed by atoms with E-state index >= 15 is 0 Å². The summed E-state index contributed by atoms with van der Waals surface area (Å²) < 4.78 is 11.5. The van der Waals surface area contributed by atoms with E-state index in [1.54, 1.807) is 32.3 Å². The van der Waals surface area contributed by atoms with Crippen molar-refractivity contribution >= 4 is 5.97 Å². The SMILES string of the molecule is COC(=O)c1oc(Cn2ccnc(C)c2=O)cc1C. The predicted molar refractivity (Wildman–Crippen MR) is 67.1 cm³/mol. The first-order valence-corrected chi connectivity index (χ1v) is 5.72. The van der Waals surface area contributed by atoms with Gasteiger partial charge >= 0.3 is 5.97 Å². The Bertz CT molecular complexity index is 670. The summed E-state index contributed by atoms with van der Waals surface area (Å²) in [7, 11) is 1.29. The molecule has 19 heavy (non-hydrogen) atoms. The van der Waals surface area contributed by atoms with E-state index in [0.717, 1.165) is 0 Å². The molecule has 0 aliphatic carbocycles. The Hall–Kier alpha value is -2.37. The molecule has 0 fully saturated rings. The van der Waals surface area contributed by atoms with Crippen LogP contribution in [0.5, 0.6) is 0 Å². The minimum atomic E-state index is -0.526. The van der Waals surface area contributed by atoms with Gasteiger partial charge in [-0.05, 0) is 19.9 Å². The number of furan rings is 1. The van der Waals surface area contributed by atoms with Crippen molar-refractivity contribution in [2.45, 2.75) is 20.4 Å². The van der Waals surface area contributed by atoms with Crippen LogP contribution in [-0.2, 0) is 11.3 Å². The molecule has 0 aliphatic heterocycles. The molecule has 2 heterocycles. The van der Waals surface area contributed by atoms with Crippen LogP contribution in [-0.4, -0.2) is 22.6 Å². The molecule has 2 rings (SSSR count). The molecule has 2 aromatic rings. The Labute approximate surface area is 109 Å². The first-order valence-electron chi connectivity index (χ1n) is 5.72. The lowest BCUT2D eigenvalue weighted by Crippen LogP contribution is -2.22. The van der Waals surface area contributed by atoms with Gasteiger partial charge in [0, 0.05) is 18.0 Å². The van der Waals surface area contributed by atoms with Crippen molar-refractivity contribution in [3.63, 3.8) is 0 Å². The molecule has 0 N–H and O–H groups in total. The summed E-state index contributed by atoms with van der Waals surface area (Å²) in [5, 5.41) is 0. The highest BCUT2D eigenvalue weighted by molar-refractivity contribution is 5.87. The van der Waals surface area contributed by atoms with Gasteiger partial charge in [0.15, 0.2) is 0 Å². The van der Waals surface area contributed by atoms with Crippen molar-refractivity contribution in [1.82, 2.24) is 9.55 Å². The Kier molecular flexibility index (Phi) is 3.50. The smallest absolute Gasteiger partial charge is 0.374 e. The number of carbonyl (C=O) groups is 1. The van der Waals surface area contributed by atoms with Gasteiger partial charge in [0.25, 0.3) is 5.56 Å². The molecular weight excluding hydrogens is 248 g/mol. The lowest BCUT2D eigenvalue weighted by atomic mass is 10.2. The van der Waals surface area contributed by atoms with Crippen LogP contribution in [0.2, 0.25) is 0 Å². The first kappa shape index (κ1) is 13.1. The molecule has 0 saturated heterocycles. The molecule has 0 aliphatic rings. The zero-order valence-electron chi connectivity index (χ0n) is 11.0. The summed E-state index contributed by atoms with van der Waals surface area (Å²) in [6.07, 6.45) is 3.12. The number of carbonyl (C=O) groups excluding carboxylic acids is 1. The molecule has 0 atom stereocenters. The normalized spacial score (nSPS) is 10.5. The second-order valence-corrected chi connectivity index (χ2v) is 4.16. The molecule has 100 valence electrons. The van der Waals surface area contributed by atoms with Crippen molar-refractivity contribution in [2.24, 2.45) is 0 Å². The minimum Gasteiger partial charge on any atom is -0.463 e. The number of aromatic nitrogens is 2. The summed E-state index contributed by atoms with van der Waals surface area (Å²) in [6.45, 7) is 3.64. The zero-order chi connectivity index (χ0) is 14.0. The number of hydrogen-bond donors (Lipinski definition) is 0. The fraction of sp³-hybridized carbons (Fsp3) is 0.308. The summed E-state index contributed by atoms with van der Waals surface area (Å²) in [5.41, 5.74) is 0.913. The molecule has 2 aromatic heterocycles. The number of hydrogen-bond acceptors (Lipinski definition) is 5. The van der Waals surface area contributed by atoms with E-state index in [4.69, 9.17) is 4.42 Å². The highest BCUT2D eigenvalue weighted by Crippen LogP contribution is 2.16. The maximum absolute atomic E-state index is 11.8. The largest absolute Gasteiger partial charge is 0.463 e. The van der Waals surface area contributed by atoms with E-state index in [-0.39, 0.29) is 17.9 Å². The number of ether oxygens (including phenoxy) is 1. The van der Waals surface area contributed by atoms with Crippen molar-refractivity contribution in [2.75, 3.05) is 7.11 Å². The van der Waals surface area contributed by atoms with E-state index in [2.05, 4.69) is 9.72 Å². The van der Waals surface area contributed by atoms with E-state index in [1.165, 1.54) is 11.7 Å². The fourth-order valence-electron chi connectivity index (χ4n) is 1.77. The van der Waals surface area contributed by atoms with Gasteiger partial charge in [-0.25, -0.2) is 4.79 Å². The monoisotopic (exact) mass is 262 g/mol. The Morgan fingerprint density at radius 3 is 2.89 bits per heavy atom. The second-order valence-electron chi connectivity index (χ2n) is 4.16. The lowest BCUT2D eigenvalue weighted by molar-refractivity contribution is 0.0561. The average molecular weight is 262 g/mol. The minimum absolute atomic E-state index is 0.163. The third-order valence-electron chi connectivity index (χ3n) is 2.75. The van der Waals surface area contributed by atoms with Crippen LogP contribution in [0.15, 0.2) is 27.7 Å². The number of esters is 1. The molecule has 0 bridgehead atoms. The zero-order valence-corrected chi connectivity index (χ0v) is 11.0. The quantitative estimate of drug-likeness (QED) is 0.779. The van der Waals surface area contributed by atoms with Gasteiger partial charge in [0.1, 0.15) is 11.5 Å². The Morgan fingerprint density at radius 2 is 2.21 bits per heavy atom. The van der Waals surface area contributed by atoms with Gasteiger partial charge in [-0.15, -0.1) is 0 Å². The number of methoxy groups -OCH3 is 1. The highest BCUT2D eigenvalue weighted by atomic mass is 16.5. The van der Waals surface area contributed by atoms with Crippen molar-refractivity contribution in [1.29, 1.82) is 0 Å². The maximum Gasteiger partial charge on any atom is 0.374 e. The molecule has 0 radical (unpaired) electrons. The van der Waals surface area contributed by atoms with Gasteiger partial charge in [-0.3, -0.25) is 9.78 Å². The topological polar surface area (TPSA) is 74.3 Å². The Morgan fingerprint density at radius 1 is 1.47 bits per heavy atom. The molecule has 6 heteroatoms. The number of rotatable bonds is 3. The van der Waals surface area contributed by atoms with Crippen LogP contribution < -0.4 is 5.56 Å². The van der Waals surface area contributed by atoms with Crippen molar-refractivity contribution in [3.8, 4) is 0 Å². The molecule has 0 aromatic carbocycles. The maximum atomic E-state index is 11.8. The van der Waals surface area contributed by atoms with Crippen LogP contribution in [0.25, 0.3) is 0 Å². The summed E-state index contributed by atoms with van der Waals surface area (Å²) in [5.74, 6) is 0.156. The van der Waals surface area contributed by atoms with Crippen LogP contribution in [0, 0.1) is 13.8 Å². The van der Waals surface area contributed by atoms with E-state index < -0.39 is 5.97 Å². The van der Waals surface area contributed by atoms with Crippen molar-refractivity contribution < 1.29 is 13.9 Å². The highest BCUT2D eigenvalue weighted by Gasteiger charge is 2.16.